The molecule has 5 rings (SSSR count). The highest BCUT2D eigenvalue weighted by Crippen LogP contribution is 2.46. The quantitative estimate of drug-likeness (QED) is 0.412. The molecule has 35 heavy (non-hydrogen) atoms. The molecule has 0 bridgehead atoms. The number of carbonyl (C=O) groups is 2. The van der Waals surface area contributed by atoms with Gasteiger partial charge >= 0.3 is 5.97 Å². The third-order valence-electron chi connectivity index (χ3n) is 6.52. The highest BCUT2D eigenvalue weighted by molar-refractivity contribution is 6.39. The number of nitrogens with zero attached hydrogens (tertiary/aromatic N) is 2. The van der Waals surface area contributed by atoms with E-state index < -0.39 is 5.97 Å². The second-order valence-electron chi connectivity index (χ2n) is 8.93. The summed E-state index contributed by atoms with van der Waals surface area (Å²) in [6.07, 6.45) is 3.44. The Morgan fingerprint density at radius 3 is 2.34 bits per heavy atom. The van der Waals surface area contributed by atoms with Gasteiger partial charge < -0.3 is 19.3 Å². The van der Waals surface area contributed by atoms with E-state index in [9.17, 15) is 14.7 Å². The molecule has 1 aromatic heterocycles. The molecule has 1 saturated heterocycles. The Labute approximate surface area is 212 Å². The summed E-state index contributed by atoms with van der Waals surface area (Å²) in [5.41, 5.74) is 2.63. The van der Waals surface area contributed by atoms with Gasteiger partial charge in [0.15, 0.2) is 0 Å². The number of rotatable bonds is 7. The summed E-state index contributed by atoms with van der Waals surface area (Å²) < 4.78 is 12.0. The van der Waals surface area contributed by atoms with Crippen LogP contribution in [-0.2, 0) is 11.3 Å². The predicted octanol–water partition coefficient (Wildman–Crippen LogP) is 6.05. The lowest BCUT2D eigenvalue weighted by Gasteiger charge is -2.32. The first kappa shape index (κ1) is 23.9. The van der Waals surface area contributed by atoms with Crippen LogP contribution in [0.3, 0.4) is 0 Å². The van der Waals surface area contributed by atoms with Crippen LogP contribution in [0.25, 0.3) is 11.3 Å². The van der Waals surface area contributed by atoms with Gasteiger partial charge in [0.1, 0.15) is 11.5 Å². The van der Waals surface area contributed by atoms with Crippen LogP contribution in [0.15, 0.2) is 47.0 Å². The molecule has 1 aliphatic heterocycles. The third-order valence-corrected chi connectivity index (χ3v) is 7.15. The van der Waals surface area contributed by atoms with Gasteiger partial charge in [-0.2, -0.15) is 0 Å². The number of halogens is 2. The summed E-state index contributed by atoms with van der Waals surface area (Å²) in [6.45, 7) is 1.39. The van der Waals surface area contributed by atoms with Crippen molar-refractivity contribution in [1.29, 1.82) is 0 Å². The van der Waals surface area contributed by atoms with Gasteiger partial charge in [-0.3, -0.25) is 4.79 Å². The monoisotopic (exact) mass is 514 g/mol. The van der Waals surface area contributed by atoms with Crippen LogP contribution in [0, 0.1) is 0 Å². The number of carbonyl (C=O) groups excluding carboxylic acids is 1. The van der Waals surface area contributed by atoms with Crippen molar-refractivity contribution in [2.45, 2.75) is 44.3 Å². The molecule has 0 spiro atoms. The maximum absolute atomic E-state index is 12.9. The molecule has 182 valence electrons. The summed E-state index contributed by atoms with van der Waals surface area (Å²) in [4.78, 5) is 25.8. The molecule has 2 fully saturated rings. The summed E-state index contributed by atoms with van der Waals surface area (Å²) in [5, 5.41) is 14.5. The Hall–Kier alpha value is -2.87. The van der Waals surface area contributed by atoms with Crippen LogP contribution in [0.5, 0.6) is 0 Å². The van der Waals surface area contributed by atoms with Crippen molar-refractivity contribution in [2.75, 3.05) is 13.1 Å². The zero-order valence-electron chi connectivity index (χ0n) is 18.9. The average Bonchev–Trinajstić information content (AvgIpc) is 3.63. The zero-order chi connectivity index (χ0) is 24.5. The Kier molecular flexibility index (Phi) is 6.82. The van der Waals surface area contributed by atoms with E-state index in [2.05, 4.69) is 5.16 Å². The number of benzene rings is 2. The normalized spacial score (nSPS) is 16.5. The average molecular weight is 515 g/mol. The van der Waals surface area contributed by atoms with Gasteiger partial charge in [-0.25, -0.2) is 4.79 Å². The van der Waals surface area contributed by atoms with Gasteiger partial charge in [-0.05, 0) is 56.0 Å². The topological polar surface area (TPSA) is 92.9 Å². The van der Waals surface area contributed by atoms with E-state index in [1.807, 2.05) is 0 Å². The maximum atomic E-state index is 12.9. The van der Waals surface area contributed by atoms with Gasteiger partial charge in [0, 0.05) is 35.7 Å². The van der Waals surface area contributed by atoms with Crippen LogP contribution in [-0.4, -0.2) is 46.2 Å². The Balaban J connectivity index is 1.25. The molecular weight excluding hydrogens is 491 g/mol. The molecule has 1 aliphatic carbocycles. The number of carboxylic acid groups (broad SMARTS) is 1. The number of amides is 1. The highest BCUT2D eigenvalue weighted by Gasteiger charge is 2.34. The molecular formula is C26H24Cl2N2O5. The van der Waals surface area contributed by atoms with Crippen molar-refractivity contribution < 1.29 is 24.0 Å². The summed E-state index contributed by atoms with van der Waals surface area (Å²) in [6, 6.07) is 11.5. The van der Waals surface area contributed by atoms with E-state index in [-0.39, 0.29) is 17.6 Å². The van der Waals surface area contributed by atoms with Crippen LogP contribution in [0.4, 0.5) is 0 Å². The van der Waals surface area contributed by atoms with Crippen molar-refractivity contribution in [3.8, 4) is 11.3 Å². The number of hydrogen-bond donors (Lipinski definition) is 1. The number of ether oxygens (including phenoxy) is 1. The fraction of sp³-hybridized carbons (Fsp3) is 0.346. The number of piperidine rings is 1. The van der Waals surface area contributed by atoms with Gasteiger partial charge in [0.05, 0.1) is 28.3 Å². The van der Waals surface area contributed by atoms with Crippen molar-refractivity contribution >= 4 is 35.1 Å². The first-order valence-electron chi connectivity index (χ1n) is 11.6. The van der Waals surface area contributed by atoms with E-state index in [4.69, 9.17) is 32.5 Å². The Bertz CT molecular complexity index is 1240. The smallest absolute Gasteiger partial charge is 0.335 e. The fourth-order valence-corrected chi connectivity index (χ4v) is 5.02. The number of hydrogen-bond acceptors (Lipinski definition) is 5. The largest absolute Gasteiger partial charge is 0.478 e. The van der Waals surface area contributed by atoms with Crippen molar-refractivity contribution in [3.05, 3.63) is 75.0 Å². The standard InChI is InChI=1S/C26H24Cl2N2O5/c27-20-5-2-6-21(28)22(20)23-19(24(35-29-23)15-7-8-15)14-34-18-9-11-30(12-10-18)25(31)16-3-1-4-17(13-16)26(32)33/h1-6,13,15,18H,7-12,14H2,(H,32,33). The van der Waals surface area contributed by atoms with Gasteiger partial charge in [0.25, 0.3) is 5.91 Å². The highest BCUT2D eigenvalue weighted by atomic mass is 35.5. The minimum atomic E-state index is -1.05. The third kappa shape index (κ3) is 5.08. The molecule has 0 atom stereocenters. The predicted molar refractivity (Wildman–Crippen MR) is 131 cm³/mol. The SMILES string of the molecule is O=C(O)c1cccc(C(=O)N2CCC(OCc3c(-c4c(Cl)cccc4Cl)noc3C3CC3)CC2)c1. The molecule has 7 nitrogen and oxygen atoms in total. The Morgan fingerprint density at radius 2 is 1.69 bits per heavy atom. The van der Waals surface area contributed by atoms with E-state index in [0.29, 0.717) is 65.3 Å². The van der Waals surface area contributed by atoms with Crippen LogP contribution >= 0.6 is 23.2 Å². The summed E-state index contributed by atoms with van der Waals surface area (Å²) in [5.74, 6) is -0.0418. The molecule has 1 amide bonds. The summed E-state index contributed by atoms with van der Waals surface area (Å²) in [7, 11) is 0. The van der Waals surface area contributed by atoms with E-state index >= 15 is 0 Å². The van der Waals surface area contributed by atoms with E-state index in [1.54, 1.807) is 35.2 Å². The summed E-state index contributed by atoms with van der Waals surface area (Å²) >= 11 is 12.9. The minimum absolute atomic E-state index is 0.0269. The lowest BCUT2D eigenvalue weighted by atomic mass is 10.0. The van der Waals surface area contributed by atoms with Crippen LogP contribution in [0.2, 0.25) is 10.0 Å². The van der Waals surface area contributed by atoms with Crippen LogP contribution < -0.4 is 0 Å². The van der Waals surface area contributed by atoms with Crippen LogP contribution in [0.1, 0.15) is 63.6 Å². The first-order chi connectivity index (χ1) is 16.9. The molecule has 0 unspecified atom stereocenters. The molecule has 1 N–H and O–H groups in total. The fourth-order valence-electron chi connectivity index (χ4n) is 4.44. The molecule has 1 saturated carbocycles. The van der Waals surface area contributed by atoms with Gasteiger partial charge in [0.2, 0.25) is 0 Å². The zero-order valence-corrected chi connectivity index (χ0v) is 20.4. The molecule has 9 heteroatoms. The Morgan fingerprint density at radius 1 is 1.03 bits per heavy atom. The minimum Gasteiger partial charge on any atom is -0.478 e. The molecule has 2 heterocycles. The maximum Gasteiger partial charge on any atom is 0.335 e. The van der Waals surface area contributed by atoms with E-state index in [1.165, 1.54) is 12.1 Å². The second-order valence-corrected chi connectivity index (χ2v) is 9.75. The molecule has 2 aliphatic rings. The van der Waals surface area contributed by atoms with Gasteiger partial charge in [-0.15, -0.1) is 0 Å². The number of carboxylic acids is 1. The van der Waals surface area contributed by atoms with Crippen molar-refractivity contribution in [3.63, 3.8) is 0 Å². The van der Waals surface area contributed by atoms with E-state index in [0.717, 1.165) is 24.2 Å². The lowest BCUT2D eigenvalue weighted by Crippen LogP contribution is -2.40. The number of aromatic nitrogens is 1. The van der Waals surface area contributed by atoms with Crippen molar-refractivity contribution in [1.82, 2.24) is 10.1 Å². The lowest BCUT2D eigenvalue weighted by molar-refractivity contribution is -0.000698. The second kappa shape index (κ2) is 10.0. The molecule has 0 radical (unpaired) electrons. The van der Waals surface area contributed by atoms with Crippen molar-refractivity contribution in [2.24, 2.45) is 0 Å². The van der Waals surface area contributed by atoms with Gasteiger partial charge in [-0.1, -0.05) is 40.5 Å². The molecule has 3 aromatic rings. The number of aromatic carboxylic acids is 1. The first-order valence-corrected chi connectivity index (χ1v) is 12.3. The molecule has 2 aromatic carbocycles. The number of likely N-dealkylation sites (tertiary alicyclic amines) is 1.